The van der Waals surface area contributed by atoms with E-state index < -0.39 is 0 Å². The van der Waals surface area contributed by atoms with Gasteiger partial charge in [-0.15, -0.1) is 0 Å². The van der Waals surface area contributed by atoms with Crippen molar-refractivity contribution in [3.8, 4) is 0 Å². The summed E-state index contributed by atoms with van der Waals surface area (Å²) in [5, 5.41) is 1.03. The SMILES string of the molecule is O=C1C(=Cc2ccc(Cl)c(Cl)c2)CCc2ccccc21. The molecular weight excluding hydrogens is 291 g/mol. The Morgan fingerprint density at radius 2 is 1.75 bits per heavy atom. The average Bonchev–Trinajstić information content (AvgIpc) is 2.46. The van der Waals surface area contributed by atoms with Gasteiger partial charge in [0.05, 0.1) is 10.0 Å². The van der Waals surface area contributed by atoms with Crippen LogP contribution < -0.4 is 0 Å². The third-order valence-corrected chi connectivity index (χ3v) is 4.24. The number of carbonyl (C=O) groups excluding carboxylic acids is 1. The zero-order valence-corrected chi connectivity index (χ0v) is 12.2. The van der Waals surface area contributed by atoms with Crippen LogP contribution in [-0.4, -0.2) is 5.78 Å². The molecule has 0 spiro atoms. The number of aryl methyl sites for hydroxylation is 1. The summed E-state index contributed by atoms with van der Waals surface area (Å²) in [6.45, 7) is 0. The van der Waals surface area contributed by atoms with Crippen LogP contribution in [0.25, 0.3) is 6.08 Å². The molecule has 2 aromatic rings. The molecule has 0 aliphatic heterocycles. The van der Waals surface area contributed by atoms with E-state index >= 15 is 0 Å². The Hall–Kier alpha value is -1.57. The zero-order valence-electron chi connectivity index (χ0n) is 10.7. The second-order valence-electron chi connectivity index (χ2n) is 4.83. The van der Waals surface area contributed by atoms with Crippen LogP contribution >= 0.6 is 23.2 Å². The van der Waals surface area contributed by atoms with Crippen LogP contribution in [0.15, 0.2) is 48.0 Å². The second-order valence-corrected chi connectivity index (χ2v) is 5.64. The number of Topliss-reactive ketones (excluding diaryl/α,β-unsaturated/α-hetero) is 1. The molecular formula is C17H12Cl2O. The van der Waals surface area contributed by atoms with Gasteiger partial charge >= 0.3 is 0 Å². The summed E-state index contributed by atoms with van der Waals surface area (Å²) in [4.78, 5) is 12.4. The molecule has 100 valence electrons. The van der Waals surface area contributed by atoms with Gasteiger partial charge in [-0.25, -0.2) is 0 Å². The summed E-state index contributed by atoms with van der Waals surface area (Å²) in [7, 11) is 0. The Balaban J connectivity index is 1.97. The van der Waals surface area contributed by atoms with E-state index in [0.717, 1.165) is 35.1 Å². The Bertz CT molecular complexity index is 717. The number of hydrogen-bond donors (Lipinski definition) is 0. The van der Waals surface area contributed by atoms with Crippen LogP contribution in [0.1, 0.15) is 27.9 Å². The van der Waals surface area contributed by atoms with Crippen molar-refractivity contribution in [3.05, 3.63) is 74.8 Å². The van der Waals surface area contributed by atoms with Gasteiger partial charge in [-0.05, 0) is 42.2 Å². The lowest BCUT2D eigenvalue weighted by atomic mass is 9.86. The largest absolute Gasteiger partial charge is 0.289 e. The van der Waals surface area contributed by atoms with Crippen molar-refractivity contribution < 1.29 is 4.79 Å². The minimum absolute atomic E-state index is 0.109. The fraction of sp³-hybridized carbons (Fsp3) is 0.118. The highest BCUT2D eigenvalue weighted by Crippen LogP contribution is 2.28. The van der Waals surface area contributed by atoms with E-state index in [-0.39, 0.29) is 5.78 Å². The van der Waals surface area contributed by atoms with Crippen LogP contribution in [0.5, 0.6) is 0 Å². The molecule has 0 amide bonds. The van der Waals surface area contributed by atoms with Crippen molar-refractivity contribution in [3.63, 3.8) is 0 Å². The lowest BCUT2D eigenvalue weighted by molar-refractivity contribution is 0.102. The highest BCUT2D eigenvalue weighted by Gasteiger charge is 2.21. The first-order valence-electron chi connectivity index (χ1n) is 6.43. The number of carbonyl (C=O) groups is 1. The Labute approximate surface area is 127 Å². The highest BCUT2D eigenvalue weighted by atomic mass is 35.5. The Morgan fingerprint density at radius 1 is 0.950 bits per heavy atom. The molecule has 1 aliphatic carbocycles. The zero-order chi connectivity index (χ0) is 14.1. The normalized spacial score (nSPS) is 16.3. The highest BCUT2D eigenvalue weighted by molar-refractivity contribution is 6.42. The van der Waals surface area contributed by atoms with Crippen molar-refractivity contribution in [2.45, 2.75) is 12.8 Å². The molecule has 0 N–H and O–H groups in total. The van der Waals surface area contributed by atoms with E-state index in [2.05, 4.69) is 0 Å². The van der Waals surface area contributed by atoms with Crippen molar-refractivity contribution >= 4 is 35.1 Å². The first-order valence-corrected chi connectivity index (χ1v) is 7.19. The second kappa shape index (κ2) is 5.43. The number of hydrogen-bond acceptors (Lipinski definition) is 1. The standard InChI is InChI=1S/C17H12Cl2O/c18-15-8-5-11(10-16(15)19)9-13-7-6-12-3-1-2-4-14(12)17(13)20/h1-5,8-10H,6-7H2. The van der Waals surface area contributed by atoms with E-state index in [9.17, 15) is 4.79 Å². The van der Waals surface area contributed by atoms with E-state index in [1.807, 2.05) is 36.4 Å². The minimum atomic E-state index is 0.109. The predicted octanol–water partition coefficient (Wildman–Crippen LogP) is 5.21. The first-order chi connectivity index (χ1) is 9.65. The molecule has 0 bridgehead atoms. The van der Waals surface area contributed by atoms with Gasteiger partial charge in [0.25, 0.3) is 0 Å². The summed E-state index contributed by atoms with van der Waals surface area (Å²) in [5.41, 5.74) is 3.66. The molecule has 0 unspecified atom stereocenters. The maximum atomic E-state index is 12.4. The topological polar surface area (TPSA) is 17.1 Å². The van der Waals surface area contributed by atoms with E-state index in [0.29, 0.717) is 10.0 Å². The summed E-state index contributed by atoms with van der Waals surface area (Å²) in [6, 6.07) is 13.2. The maximum Gasteiger partial charge on any atom is 0.189 e. The van der Waals surface area contributed by atoms with Gasteiger partial charge in [0.2, 0.25) is 0 Å². The molecule has 3 heteroatoms. The smallest absolute Gasteiger partial charge is 0.189 e. The minimum Gasteiger partial charge on any atom is -0.289 e. The van der Waals surface area contributed by atoms with Gasteiger partial charge in [-0.1, -0.05) is 53.5 Å². The molecule has 0 fully saturated rings. The number of ketones is 1. The number of halogens is 2. The van der Waals surface area contributed by atoms with Crippen molar-refractivity contribution in [2.24, 2.45) is 0 Å². The molecule has 0 aromatic heterocycles. The van der Waals surface area contributed by atoms with E-state index in [4.69, 9.17) is 23.2 Å². The van der Waals surface area contributed by atoms with Gasteiger partial charge < -0.3 is 0 Å². The van der Waals surface area contributed by atoms with Gasteiger partial charge in [0.1, 0.15) is 0 Å². The monoisotopic (exact) mass is 302 g/mol. The molecule has 20 heavy (non-hydrogen) atoms. The van der Waals surface area contributed by atoms with Gasteiger partial charge in [-0.2, -0.15) is 0 Å². The van der Waals surface area contributed by atoms with Gasteiger partial charge in [0, 0.05) is 11.1 Å². The lowest BCUT2D eigenvalue weighted by Gasteiger charge is -2.17. The predicted molar refractivity (Wildman–Crippen MR) is 83.5 cm³/mol. The van der Waals surface area contributed by atoms with Crippen molar-refractivity contribution in [1.29, 1.82) is 0 Å². The number of allylic oxidation sites excluding steroid dienone is 1. The third-order valence-electron chi connectivity index (χ3n) is 3.50. The van der Waals surface area contributed by atoms with E-state index in [1.165, 1.54) is 0 Å². The number of rotatable bonds is 1. The summed E-state index contributed by atoms with van der Waals surface area (Å²) in [5.74, 6) is 0.109. The molecule has 0 radical (unpaired) electrons. The molecule has 2 aromatic carbocycles. The first kappa shape index (κ1) is 13.4. The fourth-order valence-corrected chi connectivity index (χ4v) is 2.76. The average molecular weight is 303 g/mol. The summed E-state index contributed by atoms with van der Waals surface area (Å²) < 4.78 is 0. The van der Waals surface area contributed by atoms with Crippen molar-refractivity contribution in [2.75, 3.05) is 0 Å². The quantitative estimate of drug-likeness (QED) is 0.661. The molecule has 0 heterocycles. The van der Waals surface area contributed by atoms with Crippen LogP contribution in [0.3, 0.4) is 0 Å². The summed E-state index contributed by atoms with van der Waals surface area (Å²) >= 11 is 11.9. The molecule has 1 aliphatic rings. The molecule has 0 saturated heterocycles. The van der Waals surface area contributed by atoms with Gasteiger partial charge in [-0.3, -0.25) is 4.79 Å². The van der Waals surface area contributed by atoms with Gasteiger partial charge in [0.15, 0.2) is 5.78 Å². The van der Waals surface area contributed by atoms with E-state index in [1.54, 1.807) is 12.1 Å². The fourth-order valence-electron chi connectivity index (χ4n) is 2.46. The van der Waals surface area contributed by atoms with Crippen LogP contribution in [0.4, 0.5) is 0 Å². The maximum absolute atomic E-state index is 12.4. The van der Waals surface area contributed by atoms with Crippen molar-refractivity contribution in [1.82, 2.24) is 0 Å². The Morgan fingerprint density at radius 3 is 2.55 bits per heavy atom. The molecule has 3 rings (SSSR count). The Kier molecular flexibility index (Phi) is 3.64. The third kappa shape index (κ3) is 2.52. The molecule has 0 atom stereocenters. The molecule has 1 nitrogen and oxygen atoms in total. The van der Waals surface area contributed by atoms with Crippen LogP contribution in [0, 0.1) is 0 Å². The van der Waals surface area contributed by atoms with Crippen LogP contribution in [0.2, 0.25) is 10.0 Å². The molecule has 0 saturated carbocycles. The lowest BCUT2D eigenvalue weighted by Crippen LogP contribution is -2.13. The number of benzene rings is 2. The summed E-state index contributed by atoms with van der Waals surface area (Å²) in [6.07, 6.45) is 3.56. The number of fused-ring (bicyclic) bond motifs is 1. The van der Waals surface area contributed by atoms with Crippen LogP contribution in [-0.2, 0) is 6.42 Å².